The lowest BCUT2D eigenvalue weighted by Gasteiger charge is -2.22. The minimum Gasteiger partial charge on any atom is -0.370 e. The molecular formula is C15H20N2O. The normalized spacial score (nSPS) is 10.9. The van der Waals surface area contributed by atoms with Crippen LogP contribution in [0.3, 0.4) is 0 Å². The molecule has 0 amide bonds. The fourth-order valence-corrected chi connectivity index (χ4v) is 2.55. The van der Waals surface area contributed by atoms with E-state index in [1.807, 2.05) is 17.7 Å². The lowest BCUT2D eigenvalue weighted by atomic mass is 10.2. The van der Waals surface area contributed by atoms with E-state index >= 15 is 0 Å². The van der Waals surface area contributed by atoms with Crippen LogP contribution in [0.4, 0.5) is 5.69 Å². The number of benzene rings is 1. The van der Waals surface area contributed by atoms with Gasteiger partial charge in [0, 0.05) is 32.4 Å². The number of aryl methyl sites for hydroxylation is 1. The van der Waals surface area contributed by atoms with Gasteiger partial charge in [0.25, 0.3) is 0 Å². The number of rotatable bonds is 4. The zero-order valence-electron chi connectivity index (χ0n) is 11.5. The second-order valence-corrected chi connectivity index (χ2v) is 4.53. The SMILES string of the molecule is CCN(CC)c1cccc2cc(C(C)=O)n(C)c12. The third-order valence-corrected chi connectivity index (χ3v) is 3.50. The highest BCUT2D eigenvalue weighted by atomic mass is 16.1. The monoisotopic (exact) mass is 244 g/mol. The summed E-state index contributed by atoms with van der Waals surface area (Å²) in [5.41, 5.74) is 3.11. The first-order valence-electron chi connectivity index (χ1n) is 6.44. The first-order valence-corrected chi connectivity index (χ1v) is 6.44. The lowest BCUT2D eigenvalue weighted by Crippen LogP contribution is -2.22. The smallest absolute Gasteiger partial charge is 0.176 e. The van der Waals surface area contributed by atoms with E-state index in [0.29, 0.717) is 0 Å². The van der Waals surface area contributed by atoms with Gasteiger partial charge in [-0.25, -0.2) is 0 Å². The molecular weight excluding hydrogens is 224 g/mol. The van der Waals surface area contributed by atoms with Crippen molar-refractivity contribution in [2.75, 3.05) is 18.0 Å². The molecule has 0 atom stereocenters. The van der Waals surface area contributed by atoms with E-state index in [1.165, 1.54) is 5.69 Å². The minimum absolute atomic E-state index is 0.110. The van der Waals surface area contributed by atoms with Gasteiger partial charge >= 0.3 is 0 Å². The molecule has 2 aromatic rings. The van der Waals surface area contributed by atoms with Crippen LogP contribution in [0.5, 0.6) is 0 Å². The quantitative estimate of drug-likeness (QED) is 0.771. The van der Waals surface area contributed by atoms with E-state index in [-0.39, 0.29) is 5.78 Å². The van der Waals surface area contributed by atoms with Crippen LogP contribution in [-0.4, -0.2) is 23.4 Å². The zero-order valence-corrected chi connectivity index (χ0v) is 11.5. The topological polar surface area (TPSA) is 25.2 Å². The number of para-hydroxylation sites is 1. The zero-order chi connectivity index (χ0) is 13.3. The Hall–Kier alpha value is -1.77. The van der Waals surface area contributed by atoms with E-state index in [1.54, 1.807) is 6.92 Å². The van der Waals surface area contributed by atoms with Crippen molar-refractivity contribution in [3.8, 4) is 0 Å². The molecule has 0 radical (unpaired) electrons. The van der Waals surface area contributed by atoms with Gasteiger partial charge in [0.05, 0.1) is 16.9 Å². The summed E-state index contributed by atoms with van der Waals surface area (Å²) in [5, 5.41) is 1.13. The van der Waals surface area contributed by atoms with Gasteiger partial charge in [-0.15, -0.1) is 0 Å². The van der Waals surface area contributed by atoms with Crippen LogP contribution in [-0.2, 0) is 7.05 Å². The van der Waals surface area contributed by atoms with Gasteiger partial charge in [-0.05, 0) is 26.0 Å². The van der Waals surface area contributed by atoms with Crippen molar-refractivity contribution in [1.82, 2.24) is 4.57 Å². The maximum atomic E-state index is 11.6. The van der Waals surface area contributed by atoms with Gasteiger partial charge in [0.1, 0.15) is 0 Å². The molecule has 0 fully saturated rings. The average Bonchev–Trinajstić information content (AvgIpc) is 2.69. The number of hydrogen-bond donors (Lipinski definition) is 0. The third-order valence-electron chi connectivity index (χ3n) is 3.50. The average molecular weight is 244 g/mol. The molecule has 1 heterocycles. The summed E-state index contributed by atoms with van der Waals surface area (Å²) in [7, 11) is 1.96. The minimum atomic E-state index is 0.110. The highest BCUT2D eigenvalue weighted by molar-refractivity contribution is 6.02. The number of nitrogens with zero attached hydrogens (tertiary/aromatic N) is 2. The van der Waals surface area contributed by atoms with Gasteiger partial charge in [-0.1, -0.05) is 12.1 Å². The van der Waals surface area contributed by atoms with Gasteiger partial charge in [-0.2, -0.15) is 0 Å². The number of carbonyl (C=O) groups excluding carboxylic acids is 1. The summed E-state index contributed by atoms with van der Waals surface area (Å²) in [6.45, 7) is 7.85. The standard InChI is InChI=1S/C15H20N2O/c1-5-17(6-2)13-9-7-8-12-10-14(11(3)18)16(4)15(12)13/h7-10H,5-6H2,1-4H3. The van der Waals surface area contributed by atoms with Crippen LogP contribution in [0.2, 0.25) is 0 Å². The van der Waals surface area contributed by atoms with E-state index in [9.17, 15) is 4.79 Å². The molecule has 0 saturated carbocycles. The van der Waals surface area contributed by atoms with Gasteiger partial charge in [0.15, 0.2) is 5.78 Å². The Morgan fingerprint density at radius 3 is 2.50 bits per heavy atom. The Balaban J connectivity index is 2.72. The van der Waals surface area contributed by atoms with Crippen LogP contribution in [0.15, 0.2) is 24.3 Å². The predicted molar refractivity (Wildman–Crippen MR) is 76.5 cm³/mol. The van der Waals surface area contributed by atoms with E-state index in [4.69, 9.17) is 0 Å². The number of aromatic nitrogens is 1. The fourth-order valence-electron chi connectivity index (χ4n) is 2.55. The molecule has 2 rings (SSSR count). The number of ketones is 1. The van der Waals surface area contributed by atoms with Gasteiger partial charge in [0.2, 0.25) is 0 Å². The molecule has 3 nitrogen and oxygen atoms in total. The highest BCUT2D eigenvalue weighted by Gasteiger charge is 2.14. The van der Waals surface area contributed by atoms with Crippen molar-refractivity contribution in [1.29, 1.82) is 0 Å². The van der Waals surface area contributed by atoms with E-state index in [2.05, 4.69) is 36.9 Å². The van der Waals surface area contributed by atoms with Gasteiger partial charge in [-0.3, -0.25) is 4.79 Å². The summed E-state index contributed by atoms with van der Waals surface area (Å²) in [6.07, 6.45) is 0. The Labute approximate surface area is 108 Å². The van der Waals surface area contributed by atoms with Crippen molar-refractivity contribution in [2.24, 2.45) is 7.05 Å². The van der Waals surface area contributed by atoms with Crippen LogP contribution < -0.4 is 4.90 Å². The summed E-state index contributed by atoms with van der Waals surface area (Å²) in [6, 6.07) is 8.22. The molecule has 0 saturated heterocycles. The Morgan fingerprint density at radius 1 is 1.28 bits per heavy atom. The van der Waals surface area contributed by atoms with E-state index < -0.39 is 0 Å². The number of carbonyl (C=O) groups is 1. The lowest BCUT2D eigenvalue weighted by molar-refractivity contribution is 0.101. The van der Waals surface area contributed by atoms with Crippen molar-refractivity contribution in [3.05, 3.63) is 30.0 Å². The Kier molecular flexibility index (Phi) is 3.41. The summed E-state index contributed by atoms with van der Waals surface area (Å²) >= 11 is 0. The van der Waals surface area contributed by atoms with E-state index in [0.717, 1.165) is 29.7 Å². The highest BCUT2D eigenvalue weighted by Crippen LogP contribution is 2.29. The third kappa shape index (κ3) is 1.90. The second kappa shape index (κ2) is 4.84. The van der Waals surface area contributed by atoms with Crippen molar-refractivity contribution < 1.29 is 4.79 Å². The summed E-state index contributed by atoms with van der Waals surface area (Å²) < 4.78 is 2.01. The molecule has 0 spiro atoms. The van der Waals surface area contributed by atoms with Crippen LogP contribution in [0, 0.1) is 0 Å². The molecule has 0 aliphatic rings. The second-order valence-electron chi connectivity index (χ2n) is 4.53. The van der Waals surface area contributed by atoms with Crippen LogP contribution in [0.25, 0.3) is 10.9 Å². The Morgan fingerprint density at radius 2 is 1.94 bits per heavy atom. The molecule has 96 valence electrons. The molecule has 3 heteroatoms. The first kappa shape index (κ1) is 12.7. The number of hydrogen-bond acceptors (Lipinski definition) is 2. The largest absolute Gasteiger partial charge is 0.370 e. The van der Waals surface area contributed by atoms with Gasteiger partial charge < -0.3 is 9.47 Å². The predicted octanol–water partition coefficient (Wildman–Crippen LogP) is 3.23. The molecule has 0 aliphatic heterocycles. The summed E-state index contributed by atoms with van der Waals surface area (Å²) in [5.74, 6) is 0.110. The summed E-state index contributed by atoms with van der Waals surface area (Å²) in [4.78, 5) is 13.9. The number of fused-ring (bicyclic) bond motifs is 1. The van der Waals surface area contributed by atoms with Crippen LogP contribution >= 0.6 is 0 Å². The number of anilines is 1. The molecule has 0 bridgehead atoms. The maximum absolute atomic E-state index is 11.6. The molecule has 0 aliphatic carbocycles. The van der Waals surface area contributed by atoms with Crippen molar-refractivity contribution in [3.63, 3.8) is 0 Å². The molecule has 18 heavy (non-hydrogen) atoms. The number of Topliss-reactive ketones (excluding diaryl/α,β-unsaturated/α-hetero) is 1. The maximum Gasteiger partial charge on any atom is 0.176 e. The Bertz CT molecular complexity index is 579. The van der Waals surface area contributed by atoms with Crippen molar-refractivity contribution in [2.45, 2.75) is 20.8 Å². The molecule has 1 aromatic carbocycles. The first-order chi connectivity index (χ1) is 8.60. The molecule has 0 unspecified atom stereocenters. The molecule has 1 aromatic heterocycles. The fraction of sp³-hybridized carbons (Fsp3) is 0.400. The molecule has 0 N–H and O–H groups in total. The van der Waals surface area contributed by atoms with Crippen LogP contribution in [0.1, 0.15) is 31.3 Å². The van der Waals surface area contributed by atoms with Crippen molar-refractivity contribution >= 4 is 22.4 Å².